The van der Waals surface area contributed by atoms with Gasteiger partial charge in [-0.2, -0.15) is 0 Å². The second-order valence-corrected chi connectivity index (χ2v) is 17.6. The van der Waals surface area contributed by atoms with Gasteiger partial charge in [-0.15, -0.1) is 0 Å². The van der Waals surface area contributed by atoms with E-state index < -0.39 is 32.5 Å². The average molecular weight is 810 g/mol. The van der Waals surface area contributed by atoms with Crippen molar-refractivity contribution in [2.24, 2.45) is 0 Å². The maximum Gasteiger partial charge on any atom is 0.306 e. The van der Waals surface area contributed by atoms with Crippen molar-refractivity contribution in [2.45, 2.75) is 187 Å². The van der Waals surface area contributed by atoms with Crippen molar-refractivity contribution in [3.05, 3.63) is 48.6 Å². The maximum atomic E-state index is 12.7. The van der Waals surface area contributed by atoms with Gasteiger partial charge in [0.1, 0.15) is 19.8 Å². The molecule has 0 spiro atoms. The Labute approximate surface area is 343 Å². The molecule has 9 nitrogen and oxygen atoms in total. The number of rotatable bonds is 40. The Kier molecular flexibility index (Phi) is 37.1. The molecule has 0 bridgehead atoms. The van der Waals surface area contributed by atoms with E-state index in [1.807, 2.05) is 39.4 Å². The van der Waals surface area contributed by atoms with Gasteiger partial charge < -0.3 is 27.9 Å². The molecule has 0 aromatic heterocycles. The predicted octanol–water partition coefficient (Wildman–Crippen LogP) is 12.1. The second kappa shape index (κ2) is 38.5. The van der Waals surface area contributed by atoms with Gasteiger partial charge in [0.25, 0.3) is 7.82 Å². The van der Waals surface area contributed by atoms with E-state index in [1.165, 1.54) is 96.3 Å². The van der Waals surface area contributed by atoms with Crippen LogP contribution >= 0.6 is 7.82 Å². The number of unbranched alkanes of at least 4 members (excludes halogenated alkanes) is 21. The van der Waals surface area contributed by atoms with Gasteiger partial charge in [-0.1, -0.05) is 178 Å². The third kappa shape index (κ3) is 41.6. The number of allylic oxidation sites excluding steroid dienone is 8. The molecular formula is C46H84NO8P. The van der Waals surface area contributed by atoms with E-state index >= 15 is 0 Å². The largest absolute Gasteiger partial charge is 0.756 e. The molecule has 0 aromatic rings. The number of esters is 2. The summed E-state index contributed by atoms with van der Waals surface area (Å²) in [6, 6.07) is 0. The van der Waals surface area contributed by atoms with Gasteiger partial charge in [0.2, 0.25) is 0 Å². The number of nitrogens with zero attached hydrogens (tertiary/aromatic N) is 1. The number of phosphoric acid groups is 1. The monoisotopic (exact) mass is 810 g/mol. The smallest absolute Gasteiger partial charge is 0.306 e. The minimum absolute atomic E-state index is 0.0378. The molecule has 0 radical (unpaired) electrons. The number of hydrogen-bond donors (Lipinski definition) is 0. The van der Waals surface area contributed by atoms with Gasteiger partial charge in [0.15, 0.2) is 6.10 Å². The highest BCUT2D eigenvalue weighted by molar-refractivity contribution is 7.45. The molecule has 0 rings (SSSR count). The maximum absolute atomic E-state index is 12.7. The van der Waals surface area contributed by atoms with Crippen molar-refractivity contribution in [1.29, 1.82) is 0 Å². The minimum Gasteiger partial charge on any atom is -0.756 e. The van der Waals surface area contributed by atoms with Crippen LogP contribution < -0.4 is 4.89 Å². The molecule has 326 valence electrons. The first kappa shape index (κ1) is 54.0. The molecule has 0 amide bonds. The fourth-order valence-electron chi connectivity index (χ4n) is 5.90. The van der Waals surface area contributed by atoms with Crippen molar-refractivity contribution in [1.82, 2.24) is 0 Å². The highest BCUT2D eigenvalue weighted by Crippen LogP contribution is 2.38. The number of phosphoric ester groups is 1. The van der Waals surface area contributed by atoms with Gasteiger partial charge in [-0.25, -0.2) is 0 Å². The Morgan fingerprint density at radius 1 is 0.554 bits per heavy atom. The molecule has 0 fully saturated rings. The zero-order valence-corrected chi connectivity index (χ0v) is 37.5. The van der Waals surface area contributed by atoms with Crippen molar-refractivity contribution in [3.63, 3.8) is 0 Å². The topological polar surface area (TPSA) is 111 Å². The Morgan fingerprint density at radius 2 is 0.964 bits per heavy atom. The van der Waals surface area contributed by atoms with E-state index in [9.17, 15) is 19.0 Å². The van der Waals surface area contributed by atoms with Crippen LogP contribution in [0.4, 0.5) is 0 Å². The number of hydrogen-bond acceptors (Lipinski definition) is 8. The van der Waals surface area contributed by atoms with Crippen LogP contribution in [0.25, 0.3) is 0 Å². The minimum atomic E-state index is -4.63. The van der Waals surface area contributed by atoms with Crippen LogP contribution in [0.2, 0.25) is 0 Å². The van der Waals surface area contributed by atoms with Gasteiger partial charge in [-0.05, 0) is 38.5 Å². The number of carbonyl (C=O) groups is 2. The standard InChI is InChI=1S/C46H84NO8P/c1-6-8-10-12-14-16-18-20-22-23-25-27-29-31-33-35-37-39-46(49)55-44(43-54-56(50,51)53-41-40-47(3,4)5)42-52-45(48)38-36-34-32-30-28-26-24-21-19-17-15-13-11-9-7-2/h14,16,18,20,22-23,25,27,44H,6-13,15,17,19,21,24,26,28-43H2,1-5H3/b16-14-,20-18-,23-22-,27-25-/t44-/m1/s1. The molecule has 0 saturated carbocycles. The van der Waals surface area contributed by atoms with Crippen molar-refractivity contribution < 1.29 is 42.1 Å². The van der Waals surface area contributed by atoms with E-state index in [2.05, 4.69) is 44.2 Å². The summed E-state index contributed by atoms with van der Waals surface area (Å²) in [5.74, 6) is -0.866. The molecule has 1 unspecified atom stereocenters. The van der Waals surface area contributed by atoms with Crippen LogP contribution in [0.5, 0.6) is 0 Å². The third-order valence-electron chi connectivity index (χ3n) is 9.45. The number of quaternary nitrogens is 1. The quantitative estimate of drug-likeness (QED) is 0.0198. The lowest BCUT2D eigenvalue weighted by Gasteiger charge is -2.28. The summed E-state index contributed by atoms with van der Waals surface area (Å²) in [5, 5.41) is 0. The Hall–Kier alpha value is -2.03. The molecule has 0 aliphatic rings. The molecule has 2 atom stereocenters. The van der Waals surface area contributed by atoms with Crippen LogP contribution in [0.1, 0.15) is 181 Å². The first-order valence-corrected chi connectivity index (χ1v) is 23.9. The molecular weight excluding hydrogens is 725 g/mol. The van der Waals surface area contributed by atoms with E-state index in [0.29, 0.717) is 17.4 Å². The van der Waals surface area contributed by atoms with Gasteiger partial charge in [-0.3, -0.25) is 14.2 Å². The molecule has 0 aromatic carbocycles. The van der Waals surface area contributed by atoms with Gasteiger partial charge in [0.05, 0.1) is 27.7 Å². The van der Waals surface area contributed by atoms with E-state index in [0.717, 1.165) is 51.4 Å². The summed E-state index contributed by atoms with van der Waals surface area (Å²) in [7, 11) is 1.14. The van der Waals surface area contributed by atoms with Crippen LogP contribution in [-0.4, -0.2) is 70.0 Å². The Balaban J connectivity index is 4.42. The summed E-state index contributed by atoms with van der Waals surface area (Å²) in [5.41, 5.74) is 0. The third-order valence-corrected chi connectivity index (χ3v) is 10.4. The van der Waals surface area contributed by atoms with Crippen molar-refractivity contribution >= 4 is 19.8 Å². The fourth-order valence-corrected chi connectivity index (χ4v) is 6.63. The predicted molar refractivity (Wildman–Crippen MR) is 231 cm³/mol. The van der Waals surface area contributed by atoms with Crippen LogP contribution in [0.3, 0.4) is 0 Å². The molecule has 0 N–H and O–H groups in total. The Bertz CT molecular complexity index is 1100. The van der Waals surface area contributed by atoms with Gasteiger partial charge >= 0.3 is 11.9 Å². The van der Waals surface area contributed by atoms with Crippen LogP contribution in [0.15, 0.2) is 48.6 Å². The summed E-state index contributed by atoms with van der Waals surface area (Å²) in [4.78, 5) is 37.5. The fraction of sp³-hybridized carbons (Fsp3) is 0.783. The molecule has 0 aliphatic heterocycles. The summed E-state index contributed by atoms with van der Waals surface area (Å²) in [6.45, 7) is 4.15. The van der Waals surface area contributed by atoms with Crippen molar-refractivity contribution in [2.75, 3.05) is 47.5 Å². The highest BCUT2D eigenvalue weighted by atomic mass is 31.2. The molecule has 56 heavy (non-hydrogen) atoms. The number of ether oxygens (including phenoxy) is 2. The van der Waals surface area contributed by atoms with E-state index in [4.69, 9.17) is 18.5 Å². The highest BCUT2D eigenvalue weighted by Gasteiger charge is 2.21. The van der Waals surface area contributed by atoms with Crippen LogP contribution in [-0.2, 0) is 32.7 Å². The van der Waals surface area contributed by atoms with Gasteiger partial charge in [0, 0.05) is 12.8 Å². The molecule has 0 heterocycles. The molecule has 0 saturated heterocycles. The van der Waals surface area contributed by atoms with Crippen LogP contribution in [0, 0.1) is 0 Å². The normalized spacial score (nSPS) is 14.0. The second-order valence-electron chi connectivity index (χ2n) is 16.2. The lowest BCUT2D eigenvalue weighted by atomic mass is 10.0. The van der Waals surface area contributed by atoms with E-state index in [1.54, 1.807) is 0 Å². The average Bonchev–Trinajstić information content (AvgIpc) is 3.15. The zero-order valence-electron chi connectivity index (χ0n) is 36.6. The number of carbonyl (C=O) groups excluding carboxylic acids is 2. The summed E-state index contributed by atoms with van der Waals surface area (Å²) in [6.07, 6.45) is 44.1. The summed E-state index contributed by atoms with van der Waals surface area (Å²) >= 11 is 0. The first-order valence-electron chi connectivity index (χ1n) is 22.4. The molecule has 10 heteroatoms. The number of likely N-dealkylation sites (N-methyl/N-ethyl adjacent to an activating group) is 1. The SMILES string of the molecule is CCCCC\C=C/C=C\C=C/C=C\CCCCCCC(=O)O[C@H](COC(=O)CCCCCCCCCCCCCCCCC)COP(=O)([O-])OCC[N+](C)(C)C. The molecule has 0 aliphatic carbocycles. The lowest BCUT2D eigenvalue weighted by molar-refractivity contribution is -0.870. The Morgan fingerprint density at radius 3 is 1.46 bits per heavy atom. The zero-order chi connectivity index (χ0) is 41.4. The first-order chi connectivity index (χ1) is 27.0. The summed E-state index contributed by atoms with van der Waals surface area (Å²) < 4.78 is 33.9. The van der Waals surface area contributed by atoms with Crippen molar-refractivity contribution in [3.8, 4) is 0 Å². The lowest BCUT2D eigenvalue weighted by Crippen LogP contribution is -2.37. The van der Waals surface area contributed by atoms with E-state index in [-0.39, 0.29) is 26.1 Å².